The molecule has 5 aromatic rings. The van der Waals surface area contributed by atoms with E-state index in [1.165, 1.54) is 18.2 Å². The lowest BCUT2D eigenvalue weighted by Gasteiger charge is -2.38. The SMILES string of the molecule is COCCOCCOCCN(CC(C)(C)S)c1cc(COc2cc3c(cc2C)C(=O)N2Cc4ccccc4C[C@H]2C(S(=O)(=O)OC)C3)cc(COc2cc3c(cc2OC)C(=O)N2Cc4ccccc4C[C@H]2CC3)c1. The zero-order valence-electron chi connectivity index (χ0n) is 43.4. The highest BCUT2D eigenvalue weighted by Gasteiger charge is 2.45. The van der Waals surface area contributed by atoms with Crippen molar-refractivity contribution in [2.45, 2.75) is 101 Å². The third-order valence-electron chi connectivity index (χ3n) is 14.7. The number of benzene rings is 5. The molecule has 4 aliphatic rings. The molecule has 4 heterocycles. The van der Waals surface area contributed by atoms with Crippen LogP contribution < -0.4 is 19.1 Å². The van der Waals surface area contributed by atoms with Gasteiger partial charge in [-0.25, -0.2) is 0 Å². The molecule has 0 N–H and O–H groups in total. The number of thiol groups is 1. The van der Waals surface area contributed by atoms with Crippen molar-refractivity contribution < 1.29 is 50.6 Å². The number of hydrogen-bond donors (Lipinski definition) is 1. The first-order valence-corrected chi connectivity index (χ1v) is 27.4. The summed E-state index contributed by atoms with van der Waals surface area (Å²) in [6, 6.07) is 29.5. The molecule has 4 aliphatic heterocycles. The molecule has 0 spiro atoms. The molecule has 5 aromatic carbocycles. The molecule has 0 saturated heterocycles. The van der Waals surface area contributed by atoms with E-state index in [4.69, 9.17) is 45.2 Å². The van der Waals surface area contributed by atoms with E-state index in [9.17, 15) is 18.0 Å². The molecular formula is C58H69N3O11S2. The summed E-state index contributed by atoms with van der Waals surface area (Å²) in [7, 11) is 0.359. The van der Waals surface area contributed by atoms with Crippen LogP contribution in [0.15, 0.2) is 91.0 Å². The van der Waals surface area contributed by atoms with Crippen molar-refractivity contribution in [3.8, 4) is 17.2 Å². The molecule has 0 saturated carbocycles. The number of carbonyl (C=O) groups is 2. The maximum absolute atomic E-state index is 14.5. The maximum atomic E-state index is 14.5. The molecule has 0 aromatic heterocycles. The van der Waals surface area contributed by atoms with Crippen molar-refractivity contribution in [2.75, 3.05) is 72.4 Å². The number of carbonyl (C=O) groups excluding carboxylic acids is 2. The van der Waals surface area contributed by atoms with Gasteiger partial charge in [0.15, 0.2) is 11.5 Å². The monoisotopic (exact) mass is 1050 g/mol. The minimum absolute atomic E-state index is 0.00640. The molecule has 0 radical (unpaired) electrons. The molecule has 0 bridgehead atoms. The molecule has 14 nitrogen and oxygen atoms in total. The van der Waals surface area contributed by atoms with Gasteiger partial charge in [-0.3, -0.25) is 13.8 Å². The maximum Gasteiger partial charge on any atom is 0.272 e. The molecule has 1 unspecified atom stereocenters. The number of rotatable bonds is 21. The van der Waals surface area contributed by atoms with Gasteiger partial charge in [0.25, 0.3) is 21.9 Å². The Morgan fingerprint density at radius 1 is 0.662 bits per heavy atom. The average Bonchev–Trinajstić information content (AvgIpc) is 3.60. The van der Waals surface area contributed by atoms with Crippen LogP contribution in [0.25, 0.3) is 0 Å². The van der Waals surface area contributed by atoms with Gasteiger partial charge in [-0.05, 0) is 145 Å². The third kappa shape index (κ3) is 12.1. The lowest BCUT2D eigenvalue weighted by molar-refractivity contribution is 0.0264. The summed E-state index contributed by atoms with van der Waals surface area (Å²) < 4.78 is 68.3. The number of aryl methyl sites for hydroxylation is 2. The Kier molecular flexibility index (Phi) is 16.6. The fourth-order valence-corrected chi connectivity index (χ4v) is 12.4. The molecular weight excluding hydrogens is 979 g/mol. The predicted octanol–water partition coefficient (Wildman–Crippen LogP) is 8.34. The number of anilines is 1. The summed E-state index contributed by atoms with van der Waals surface area (Å²) in [6.45, 7) is 10.8. The Hall–Kier alpha value is -5.62. The second-order valence-electron chi connectivity index (χ2n) is 20.4. The first-order chi connectivity index (χ1) is 35.6. The zero-order valence-corrected chi connectivity index (χ0v) is 45.1. The van der Waals surface area contributed by atoms with Crippen LogP contribution in [0.4, 0.5) is 5.69 Å². The molecule has 9 rings (SSSR count). The standard InChI is InChI=1S/C58H69N3O11S2/c1-38-23-49-46(31-55(74(64,65)68-6)51-28-42-12-8-10-14-45(42)34-61(51)57(49)63)30-52(38)71-35-39-24-40(26-48(25-39)59(37-58(2,3)73)17-18-69-21-22-70-20-19-66-4)36-72-54-29-43-15-16-47-27-41-11-7-9-13-44(41)33-60(47)56(62)50(43)32-53(54)67-5/h7-14,23-26,29-30,32,47,51,55,73H,15-22,27-28,31,33-37H2,1-6H3/t47-,51+,55?/m1/s1. The van der Waals surface area contributed by atoms with Crippen LogP contribution in [0.1, 0.15) is 91.1 Å². The highest BCUT2D eigenvalue weighted by atomic mass is 32.2. The van der Waals surface area contributed by atoms with Gasteiger partial charge in [-0.2, -0.15) is 21.0 Å². The molecule has 3 atom stereocenters. The van der Waals surface area contributed by atoms with Crippen LogP contribution in [-0.4, -0.2) is 120 Å². The highest BCUT2D eigenvalue weighted by Crippen LogP contribution is 2.40. The van der Waals surface area contributed by atoms with E-state index in [-0.39, 0.29) is 42.2 Å². The van der Waals surface area contributed by atoms with Crippen LogP contribution in [0.2, 0.25) is 0 Å². The number of fused-ring (bicyclic) bond motifs is 6. The van der Waals surface area contributed by atoms with E-state index in [0.717, 1.165) is 58.3 Å². The van der Waals surface area contributed by atoms with Gasteiger partial charge in [-0.15, -0.1) is 0 Å². The molecule has 16 heteroatoms. The fourth-order valence-electron chi connectivity index (χ4n) is 10.9. The van der Waals surface area contributed by atoms with Gasteiger partial charge in [0.2, 0.25) is 0 Å². The van der Waals surface area contributed by atoms with Gasteiger partial charge >= 0.3 is 0 Å². The highest BCUT2D eigenvalue weighted by molar-refractivity contribution is 7.87. The summed E-state index contributed by atoms with van der Waals surface area (Å²) in [5.74, 6) is 1.35. The lowest BCUT2D eigenvalue weighted by Crippen LogP contribution is -2.52. The van der Waals surface area contributed by atoms with E-state index in [1.54, 1.807) is 19.1 Å². The first-order valence-electron chi connectivity index (χ1n) is 25.5. The van der Waals surface area contributed by atoms with E-state index >= 15 is 0 Å². The van der Waals surface area contributed by atoms with Crippen LogP contribution in [0.5, 0.6) is 17.2 Å². The fraction of sp³-hybridized carbons (Fsp3) is 0.448. The average molecular weight is 1050 g/mol. The van der Waals surface area contributed by atoms with Gasteiger partial charge in [0, 0.05) is 60.9 Å². The summed E-state index contributed by atoms with van der Waals surface area (Å²) in [5, 5.41) is -0.992. The van der Waals surface area contributed by atoms with E-state index in [1.807, 2.05) is 66.4 Å². The van der Waals surface area contributed by atoms with Crippen molar-refractivity contribution in [1.82, 2.24) is 9.80 Å². The first kappa shape index (κ1) is 53.2. The van der Waals surface area contributed by atoms with Crippen molar-refractivity contribution in [3.05, 3.63) is 152 Å². The van der Waals surface area contributed by atoms with Gasteiger partial charge in [0.05, 0.1) is 53.3 Å². The normalized spacial score (nSPS) is 18.2. The van der Waals surface area contributed by atoms with Gasteiger partial charge in [-0.1, -0.05) is 48.5 Å². The van der Waals surface area contributed by atoms with E-state index in [0.29, 0.717) is 99.6 Å². The Bertz CT molecular complexity index is 2960. The van der Waals surface area contributed by atoms with Gasteiger partial charge < -0.3 is 43.1 Å². The number of amides is 2. The molecule has 394 valence electrons. The molecule has 0 fully saturated rings. The minimum atomic E-state index is -4.06. The Morgan fingerprint density at radius 3 is 1.92 bits per heavy atom. The van der Waals surface area contributed by atoms with Crippen molar-refractivity contribution in [1.29, 1.82) is 0 Å². The predicted molar refractivity (Wildman–Crippen MR) is 287 cm³/mol. The number of methoxy groups -OCH3 is 2. The summed E-state index contributed by atoms with van der Waals surface area (Å²) in [5.41, 5.74) is 10.5. The van der Waals surface area contributed by atoms with Crippen LogP contribution in [0, 0.1) is 6.92 Å². The minimum Gasteiger partial charge on any atom is -0.493 e. The zero-order chi connectivity index (χ0) is 52.1. The van der Waals surface area contributed by atoms with Crippen molar-refractivity contribution in [2.24, 2.45) is 0 Å². The molecule has 2 amide bonds. The largest absolute Gasteiger partial charge is 0.493 e. The Labute approximate surface area is 441 Å². The van der Waals surface area contributed by atoms with Crippen molar-refractivity contribution >= 4 is 40.2 Å². The lowest BCUT2D eigenvalue weighted by atomic mass is 9.91. The topological polar surface area (TPSA) is 143 Å². The number of nitrogens with zero attached hydrogens (tertiary/aromatic N) is 3. The second kappa shape index (κ2) is 23.1. The smallest absolute Gasteiger partial charge is 0.272 e. The second-order valence-corrected chi connectivity index (χ2v) is 23.6. The van der Waals surface area contributed by atoms with Crippen LogP contribution >= 0.6 is 12.6 Å². The Balaban J connectivity index is 0.996. The summed E-state index contributed by atoms with van der Waals surface area (Å²) in [4.78, 5) is 34.7. The van der Waals surface area contributed by atoms with Crippen molar-refractivity contribution in [3.63, 3.8) is 0 Å². The molecule has 74 heavy (non-hydrogen) atoms. The van der Waals surface area contributed by atoms with Crippen LogP contribution in [0.3, 0.4) is 0 Å². The number of hydrogen-bond acceptors (Lipinski definition) is 13. The van der Waals surface area contributed by atoms with Crippen LogP contribution in [-0.2, 0) is 80.5 Å². The number of ether oxygens (including phenoxy) is 6. The summed E-state index contributed by atoms with van der Waals surface area (Å²) in [6.07, 6.45) is 2.88. The van der Waals surface area contributed by atoms with Gasteiger partial charge in [0.1, 0.15) is 24.2 Å². The third-order valence-corrected chi connectivity index (χ3v) is 16.5. The van der Waals surface area contributed by atoms with E-state index in [2.05, 4.69) is 55.1 Å². The van der Waals surface area contributed by atoms with E-state index < -0.39 is 21.4 Å². The Morgan fingerprint density at radius 2 is 1.26 bits per heavy atom. The summed E-state index contributed by atoms with van der Waals surface area (Å²) >= 11 is 4.96. The molecule has 0 aliphatic carbocycles. The quantitative estimate of drug-likeness (QED) is 0.0429.